The summed E-state index contributed by atoms with van der Waals surface area (Å²) >= 11 is 0. The van der Waals surface area contributed by atoms with Gasteiger partial charge in [-0.25, -0.2) is 4.79 Å². The van der Waals surface area contributed by atoms with Gasteiger partial charge >= 0.3 is 5.97 Å². The number of likely N-dealkylation sites (N-methyl/N-ethyl adjacent to an activating group) is 1. The van der Waals surface area contributed by atoms with Gasteiger partial charge in [-0.3, -0.25) is 9.69 Å². The fourth-order valence-corrected chi connectivity index (χ4v) is 3.29. The minimum atomic E-state index is -0.988. The molecule has 3 rings (SSSR count). The summed E-state index contributed by atoms with van der Waals surface area (Å²) in [5.74, 6) is -1.03. The minimum Gasteiger partial charge on any atom is -0.478 e. The monoisotopic (exact) mass is 390 g/mol. The zero-order chi connectivity index (χ0) is 20.6. The Hall–Kier alpha value is -3.02. The first-order valence-electron chi connectivity index (χ1n) is 9.73. The molecule has 1 aliphatic heterocycles. The molecule has 2 aromatic rings. The summed E-state index contributed by atoms with van der Waals surface area (Å²) < 4.78 is 0. The largest absolute Gasteiger partial charge is 0.478 e. The number of allylic oxidation sites excluding steroid dienone is 1. The quantitative estimate of drug-likeness (QED) is 0.580. The van der Waals surface area contributed by atoms with Gasteiger partial charge < -0.3 is 10.0 Å². The van der Waals surface area contributed by atoms with Crippen LogP contribution in [0.5, 0.6) is 0 Å². The second-order valence-corrected chi connectivity index (χ2v) is 7.32. The van der Waals surface area contributed by atoms with Crippen LogP contribution in [0.4, 0.5) is 0 Å². The fourth-order valence-electron chi connectivity index (χ4n) is 3.29. The molecule has 0 amide bonds. The lowest BCUT2D eigenvalue weighted by Gasteiger charge is -2.32. The maximum Gasteiger partial charge on any atom is 0.328 e. The molecule has 5 nitrogen and oxygen atoms in total. The van der Waals surface area contributed by atoms with Gasteiger partial charge in [-0.2, -0.15) is 0 Å². The van der Waals surface area contributed by atoms with E-state index in [0.29, 0.717) is 5.56 Å². The number of carbonyl (C=O) groups is 2. The number of carboxylic acid groups (broad SMARTS) is 1. The Labute approximate surface area is 171 Å². The average Bonchev–Trinajstić information content (AvgIpc) is 2.73. The van der Waals surface area contributed by atoms with Crippen molar-refractivity contribution in [3.05, 3.63) is 82.9 Å². The molecule has 0 bridgehead atoms. The van der Waals surface area contributed by atoms with E-state index in [1.54, 1.807) is 12.2 Å². The van der Waals surface area contributed by atoms with Gasteiger partial charge in [0, 0.05) is 44.4 Å². The van der Waals surface area contributed by atoms with Gasteiger partial charge in [-0.15, -0.1) is 0 Å². The second kappa shape index (κ2) is 9.96. The third kappa shape index (κ3) is 6.52. The van der Waals surface area contributed by atoms with Crippen LogP contribution in [-0.2, 0) is 11.3 Å². The number of carbonyl (C=O) groups excluding carboxylic acids is 1. The fraction of sp³-hybridized carbons (Fsp3) is 0.250. The second-order valence-electron chi connectivity index (χ2n) is 7.32. The molecule has 0 spiro atoms. The number of rotatable bonds is 7. The highest BCUT2D eigenvalue weighted by Gasteiger charge is 2.14. The Balaban J connectivity index is 1.65. The Kier molecular flexibility index (Phi) is 7.11. The highest BCUT2D eigenvalue weighted by Crippen LogP contribution is 2.13. The van der Waals surface area contributed by atoms with Crippen LogP contribution in [0.2, 0.25) is 0 Å². The molecule has 1 saturated heterocycles. The Bertz CT molecular complexity index is 925. The molecule has 0 saturated carbocycles. The zero-order valence-corrected chi connectivity index (χ0v) is 16.6. The molecule has 1 aliphatic rings. The van der Waals surface area contributed by atoms with Gasteiger partial charge in [0.25, 0.3) is 0 Å². The molecule has 2 aromatic carbocycles. The number of nitrogens with zero attached hydrogens (tertiary/aromatic N) is 2. The number of hydrogen-bond donors (Lipinski definition) is 1. The van der Waals surface area contributed by atoms with Crippen LogP contribution < -0.4 is 0 Å². The summed E-state index contributed by atoms with van der Waals surface area (Å²) in [7, 11) is 2.14. The Morgan fingerprint density at radius 2 is 1.59 bits per heavy atom. The number of aliphatic carboxylic acids is 1. The van der Waals surface area contributed by atoms with Crippen LogP contribution in [0.1, 0.15) is 27.0 Å². The summed E-state index contributed by atoms with van der Waals surface area (Å²) in [5.41, 5.74) is 3.44. The normalized spacial score (nSPS) is 15.9. The van der Waals surface area contributed by atoms with Gasteiger partial charge in [-0.05, 0) is 48.0 Å². The van der Waals surface area contributed by atoms with Crippen molar-refractivity contribution in [3.8, 4) is 0 Å². The van der Waals surface area contributed by atoms with Gasteiger partial charge in [-0.1, -0.05) is 42.5 Å². The van der Waals surface area contributed by atoms with Crippen LogP contribution >= 0.6 is 0 Å². The molecule has 29 heavy (non-hydrogen) atoms. The van der Waals surface area contributed by atoms with Crippen LogP contribution in [0.15, 0.2) is 60.7 Å². The summed E-state index contributed by atoms with van der Waals surface area (Å²) in [6.07, 6.45) is 5.95. The molecule has 0 unspecified atom stereocenters. The van der Waals surface area contributed by atoms with Crippen molar-refractivity contribution < 1.29 is 14.7 Å². The van der Waals surface area contributed by atoms with Crippen molar-refractivity contribution >= 4 is 23.9 Å². The van der Waals surface area contributed by atoms with Crippen molar-refractivity contribution in [2.24, 2.45) is 0 Å². The SMILES string of the molecule is CN1CCN(Cc2cccc(C(=O)/C=C/c3cccc(/C=C/C(=O)O)c3)c2)CC1. The van der Waals surface area contributed by atoms with Crippen LogP contribution in [0.25, 0.3) is 12.2 Å². The molecule has 0 aliphatic carbocycles. The molecule has 0 atom stereocenters. The predicted octanol–water partition coefficient (Wildman–Crippen LogP) is 3.43. The molecule has 0 aromatic heterocycles. The highest BCUT2D eigenvalue weighted by atomic mass is 16.4. The molecule has 1 heterocycles. The van der Waals surface area contributed by atoms with E-state index in [9.17, 15) is 9.59 Å². The first kappa shape index (κ1) is 20.7. The highest BCUT2D eigenvalue weighted by molar-refractivity contribution is 6.06. The lowest BCUT2D eigenvalue weighted by Crippen LogP contribution is -2.43. The van der Waals surface area contributed by atoms with E-state index >= 15 is 0 Å². The predicted molar refractivity (Wildman–Crippen MR) is 116 cm³/mol. The lowest BCUT2D eigenvalue weighted by molar-refractivity contribution is -0.131. The number of carboxylic acids is 1. The van der Waals surface area contributed by atoms with Crippen molar-refractivity contribution in [1.82, 2.24) is 9.80 Å². The molecular formula is C24H26N2O3. The lowest BCUT2D eigenvalue weighted by atomic mass is 10.0. The van der Waals surface area contributed by atoms with E-state index < -0.39 is 5.97 Å². The summed E-state index contributed by atoms with van der Waals surface area (Å²) in [4.78, 5) is 28.0. The molecule has 1 fully saturated rings. The Morgan fingerprint density at radius 3 is 2.28 bits per heavy atom. The zero-order valence-electron chi connectivity index (χ0n) is 16.6. The van der Waals surface area contributed by atoms with E-state index in [1.807, 2.05) is 42.5 Å². The summed E-state index contributed by atoms with van der Waals surface area (Å²) in [5, 5.41) is 8.73. The molecular weight excluding hydrogens is 364 g/mol. The van der Waals surface area contributed by atoms with Crippen molar-refractivity contribution in [2.75, 3.05) is 33.2 Å². The standard InChI is InChI=1S/C24H26N2O3/c1-25-12-14-26(15-13-25)18-21-6-3-7-22(17-21)23(27)10-8-19-4-2-5-20(16-19)9-11-24(28)29/h2-11,16-17H,12-15,18H2,1H3,(H,28,29)/b10-8+,11-9+. The van der Waals surface area contributed by atoms with Gasteiger partial charge in [0.2, 0.25) is 0 Å². The smallest absolute Gasteiger partial charge is 0.328 e. The first-order valence-corrected chi connectivity index (χ1v) is 9.73. The number of hydrogen-bond acceptors (Lipinski definition) is 4. The average molecular weight is 390 g/mol. The third-order valence-corrected chi connectivity index (χ3v) is 4.97. The maximum absolute atomic E-state index is 12.6. The topological polar surface area (TPSA) is 60.9 Å². The van der Waals surface area contributed by atoms with Crippen LogP contribution in [0, 0.1) is 0 Å². The number of ketones is 1. The van der Waals surface area contributed by atoms with E-state index in [2.05, 4.69) is 22.9 Å². The molecule has 1 N–H and O–H groups in total. The summed E-state index contributed by atoms with van der Waals surface area (Å²) in [6, 6.07) is 15.2. The third-order valence-electron chi connectivity index (χ3n) is 4.97. The van der Waals surface area contributed by atoms with Crippen molar-refractivity contribution in [2.45, 2.75) is 6.54 Å². The maximum atomic E-state index is 12.6. The van der Waals surface area contributed by atoms with E-state index in [-0.39, 0.29) is 5.78 Å². The van der Waals surface area contributed by atoms with E-state index in [0.717, 1.165) is 55.5 Å². The Morgan fingerprint density at radius 1 is 0.931 bits per heavy atom. The summed E-state index contributed by atoms with van der Waals surface area (Å²) in [6.45, 7) is 5.09. The first-order chi connectivity index (χ1) is 14.0. The van der Waals surface area contributed by atoms with Crippen molar-refractivity contribution in [3.63, 3.8) is 0 Å². The van der Waals surface area contributed by atoms with Crippen LogP contribution in [-0.4, -0.2) is 59.9 Å². The number of benzene rings is 2. The van der Waals surface area contributed by atoms with Crippen LogP contribution in [0.3, 0.4) is 0 Å². The molecule has 0 radical (unpaired) electrons. The van der Waals surface area contributed by atoms with E-state index in [4.69, 9.17) is 5.11 Å². The van der Waals surface area contributed by atoms with Gasteiger partial charge in [0.05, 0.1) is 0 Å². The molecule has 150 valence electrons. The minimum absolute atomic E-state index is 0.0447. The van der Waals surface area contributed by atoms with Gasteiger partial charge in [0.15, 0.2) is 5.78 Å². The molecule has 5 heteroatoms. The van der Waals surface area contributed by atoms with E-state index in [1.165, 1.54) is 6.08 Å². The van der Waals surface area contributed by atoms with Crippen molar-refractivity contribution in [1.29, 1.82) is 0 Å². The van der Waals surface area contributed by atoms with Gasteiger partial charge in [0.1, 0.15) is 0 Å². The number of piperazine rings is 1.